The Hall–Kier alpha value is -2.10. The molecule has 0 fully saturated rings. The van der Waals surface area contributed by atoms with Gasteiger partial charge in [0.1, 0.15) is 5.82 Å². The van der Waals surface area contributed by atoms with E-state index < -0.39 is 5.95 Å². The van der Waals surface area contributed by atoms with E-state index in [1.807, 2.05) is 32.1 Å². The van der Waals surface area contributed by atoms with Crippen LogP contribution in [0.5, 0.6) is 0 Å². The van der Waals surface area contributed by atoms with Crippen LogP contribution in [0.1, 0.15) is 5.56 Å². The number of aromatic nitrogens is 1. The maximum atomic E-state index is 13.1. The lowest BCUT2D eigenvalue weighted by Crippen LogP contribution is -2.18. The Morgan fingerprint density at radius 3 is 2.47 bits per heavy atom. The third-order valence-electron chi connectivity index (χ3n) is 2.94. The van der Waals surface area contributed by atoms with Crippen molar-refractivity contribution in [2.24, 2.45) is 0 Å². The largest absolute Gasteiger partial charge is 0.378 e. The Morgan fingerprint density at radius 1 is 1.05 bits per heavy atom. The van der Waals surface area contributed by atoms with E-state index in [1.54, 1.807) is 12.1 Å². The number of halogens is 1. The number of benzene rings is 1. The van der Waals surface area contributed by atoms with Crippen LogP contribution in [0, 0.1) is 5.95 Å². The van der Waals surface area contributed by atoms with Crippen molar-refractivity contribution in [3.05, 3.63) is 54.0 Å². The molecule has 0 saturated heterocycles. The summed E-state index contributed by atoms with van der Waals surface area (Å²) in [5.74, 6) is 0.182. The Labute approximate surface area is 113 Å². The van der Waals surface area contributed by atoms with Crippen molar-refractivity contribution in [1.82, 2.24) is 4.98 Å². The molecule has 0 aliphatic carbocycles. The van der Waals surface area contributed by atoms with Gasteiger partial charge in [-0.3, -0.25) is 0 Å². The summed E-state index contributed by atoms with van der Waals surface area (Å²) in [5.41, 5.74) is 2.32. The average molecular weight is 259 g/mol. The highest BCUT2D eigenvalue weighted by Crippen LogP contribution is 2.17. The first-order valence-electron chi connectivity index (χ1n) is 6.16. The second-order valence-electron chi connectivity index (χ2n) is 4.74. The highest BCUT2D eigenvalue weighted by atomic mass is 19.1. The average Bonchev–Trinajstić information content (AvgIpc) is 2.39. The molecule has 100 valence electrons. The SMILES string of the molecule is CN(C)c1cccc(CN(C)c2cccc(F)n2)c1. The van der Waals surface area contributed by atoms with Gasteiger partial charge in [0.25, 0.3) is 0 Å². The van der Waals surface area contributed by atoms with Crippen molar-refractivity contribution in [2.75, 3.05) is 30.9 Å². The van der Waals surface area contributed by atoms with Gasteiger partial charge < -0.3 is 9.80 Å². The molecule has 2 rings (SSSR count). The molecule has 0 aliphatic rings. The number of anilines is 2. The first-order chi connectivity index (χ1) is 9.06. The van der Waals surface area contributed by atoms with E-state index in [0.717, 1.165) is 5.69 Å². The van der Waals surface area contributed by atoms with Gasteiger partial charge in [0.05, 0.1) is 0 Å². The monoisotopic (exact) mass is 259 g/mol. The molecule has 3 nitrogen and oxygen atoms in total. The molecule has 0 saturated carbocycles. The minimum absolute atomic E-state index is 0.452. The van der Waals surface area contributed by atoms with Crippen LogP contribution >= 0.6 is 0 Å². The molecule has 0 radical (unpaired) electrons. The maximum Gasteiger partial charge on any atom is 0.214 e. The standard InChI is InChI=1S/C15H18FN3/c1-18(2)13-7-4-6-12(10-13)11-19(3)15-9-5-8-14(16)17-15/h4-10H,11H2,1-3H3. The van der Waals surface area contributed by atoms with Crippen LogP contribution in [0.3, 0.4) is 0 Å². The zero-order valence-corrected chi connectivity index (χ0v) is 11.5. The van der Waals surface area contributed by atoms with E-state index in [-0.39, 0.29) is 0 Å². The molecule has 0 bridgehead atoms. The quantitative estimate of drug-likeness (QED) is 0.787. The summed E-state index contributed by atoms with van der Waals surface area (Å²) >= 11 is 0. The lowest BCUT2D eigenvalue weighted by Gasteiger charge is -2.19. The highest BCUT2D eigenvalue weighted by molar-refractivity contribution is 5.48. The van der Waals surface area contributed by atoms with Gasteiger partial charge in [-0.2, -0.15) is 4.39 Å². The highest BCUT2D eigenvalue weighted by Gasteiger charge is 2.05. The minimum Gasteiger partial charge on any atom is -0.378 e. The topological polar surface area (TPSA) is 19.4 Å². The van der Waals surface area contributed by atoms with Crippen LogP contribution in [0.15, 0.2) is 42.5 Å². The minimum atomic E-state index is -0.452. The van der Waals surface area contributed by atoms with E-state index in [0.29, 0.717) is 12.4 Å². The van der Waals surface area contributed by atoms with Gasteiger partial charge in [0, 0.05) is 33.4 Å². The molecular formula is C15H18FN3. The van der Waals surface area contributed by atoms with E-state index in [9.17, 15) is 4.39 Å². The van der Waals surface area contributed by atoms with Crippen molar-refractivity contribution >= 4 is 11.5 Å². The van der Waals surface area contributed by atoms with Crippen LogP contribution in [-0.2, 0) is 6.54 Å². The molecule has 0 aliphatic heterocycles. The lowest BCUT2D eigenvalue weighted by atomic mass is 10.2. The maximum absolute atomic E-state index is 13.1. The summed E-state index contributed by atoms with van der Waals surface area (Å²) < 4.78 is 13.1. The third-order valence-corrected chi connectivity index (χ3v) is 2.94. The molecule has 19 heavy (non-hydrogen) atoms. The molecule has 0 atom stereocenters. The lowest BCUT2D eigenvalue weighted by molar-refractivity contribution is 0.582. The summed E-state index contributed by atoms with van der Waals surface area (Å²) in [7, 11) is 5.93. The van der Waals surface area contributed by atoms with E-state index in [4.69, 9.17) is 0 Å². The van der Waals surface area contributed by atoms with Crippen LogP contribution in [0.25, 0.3) is 0 Å². The van der Waals surface area contributed by atoms with Crippen molar-refractivity contribution in [2.45, 2.75) is 6.54 Å². The second-order valence-corrected chi connectivity index (χ2v) is 4.74. The molecule has 0 amide bonds. The Morgan fingerprint density at radius 2 is 1.79 bits per heavy atom. The molecule has 1 heterocycles. The number of hydrogen-bond donors (Lipinski definition) is 0. The summed E-state index contributed by atoms with van der Waals surface area (Å²) in [6.45, 7) is 0.693. The summed E-state index contributed by atoms with van der Waals surface area (Å²) in [5, 5.41) is 0. The van der Waals surface area contributed by atoms with Gasteiger partial charge in [-0.1, -0.05) is 18.2 Å². The zero-order valence-electron chi connectivity index (χ0n) is 11.5. The predicted molar refractivity (Wildman–Crippen MR) is 77.1 cm³/mol. The van der Waals surface area contributed by atoms with Gasteiger partial charge in [-0.05, 0) is 29.8 Å². The first kappa shape index (κ1) is 13.3. The third kappa shape index (κ3) is 3.44. The Bertz CT molecular complexity index is 555. The predicted octanol–water partition coefficient (Wildman–Crippen LogP) is 2.92. The number of hydrogen-bond acceptors (Lipinski definition) is 3. The molecule has 4 heteroatoms. The van der Waals surface area contributed by atoms with Gasteiger partial charge >= 0.3 is 0 Å². The molecule has 2 aromatic rings. The van der Waals surface area contributed by atoms with E-state index in [2.05, 4.69) is 28.1 Å². The Kier molecular flexibility index (Phi) is 4.00. The van der Waals surface area contributed by atoms with Crippen LogP contribution in [0.2, 0.25) is 0 Å². The smallest absolute Gasteiger partial charge is 0.214 e. The molecule has 0 unspecified atom stereocenters. The Balaban J connectivity index is 2.14. The molecular weight excluding hydrogens is 241 g/mol. The second kappa shape index (κ2) is 5.69. The summed E-state index contributed by atoms with van der Waals surface area (Å²) in [4.78, 5) is 7.86. The molecule has 0 N–H and O–H groups in total. The normalized spacial score (nSPS) is 10.3. The van der Waals surface area contributed by atoms with Crippen molar-refractivity contribution in [1.29, 1.82) is 0 Å². The summed E-state index contributed by atoms with van der Waals surface area (Å²) in [6.07, 6.45) is 0. The van der Waals surface area contributed by atoms with Gasteiger partial charge in [-0.25, -0.2) is 4.98 Å². The molecule has 1 aromatic heterocycles. The van der Waals surface area contributed by atoms with E-state index >= 15 is 0 Å². The fourth-order valence-corrected chi connectivity index (χ4v) is 1.90. The molecule has 1 aromatic carbocycles. The fraction of sp³-hybridized carbons (Fsp3) is 0.267. The number of nitrogens with zero attached hydrogens (tertiary/aromatic N) is 3. The van der Waals surface area contributed by atoms with Gasteiger partial charge in [0.15, 0.2) is 0 Å². The fourth-order valence-electron chi connectivity index (χ4n) is 1.90. The zero-order chi connectivity index (χ0) is 13.8. The van der Waals surface area contributed by atoms with Crippen LogP contribution in [-0.4, -0.2) is 26.1 Å². The first-order valence-corrected chi connectivity index (χ1v) is 6.16. The summed E-state index contributed by atoms with van der Waals surface area (Å²) in [6, 6.07) is 13.1. The van der Waals surface area contributed by atoms with Gasteiger partial charge in [0.2, 0.25) is 5.95 Å². The van der Waals surface area contributed by atoms with Crippen molar-refractivity contribution in [3.8, 4) is 0 Å². The van der Waals surface area contributed by atoms with Crippen molar-refractivity contribution in [3.63, 3.8) is 0 Å². The van der Waals surface area contributed by atoms with E-state index in [1.165, 1.54) is 11.6 Å². The number of pyridine rings is 1. The van der Waals surface area contributed by atoms with Gasteiger partial charge in [-0.15, -0.1) is 0 Å². The van der Waals surface area contributed by atoms with Crippen LogP contribution in [0.4, 0.5) is 15.9 Å². The molecule has 0 spiro atoms. The van der Waals surface area contributed by atoms with Crippen molar-refractivity contribution < 1.29 is 4.39 Å². The number of rotatable bonds is 4. The van der Waals surface area contributed by atoms with Crippen LogP contribution < -0.4 is 9.80 Å².